The van der Waals surface area contributed by atoms with Crippen LogP contribution < -0.4 is 0 Å². The van der Waals surface area contributed by atoms with Crippen LogP contribution >= 0.6 is 0 Å². The average Bonchev–Trinajstić information content (AvgIpc) is 2.63. The predicted molar refractivity (Wildman–Crippen MR) is 33.8 cm³/mol. The highest BCUT2D eigenvalue weighted by Crippen LogP contribution is 2.16. The lowest BCUT2D eigenvalue weighted by Gasteiger charge is -1.92. The average molecular weight is 129 g/mol. The molecule has 53 valence electrons. The van der Waals surface area contributed by atoms with Gasteiger partial charge in [0, 0.05) is 0 Å². The van der Waals surface area contributed by atoms with E-state index in [0.717, 1.165) is 19.4 Å². The second-order valence-corrected chi connectivity index (χ2v) is 2.51. The van der Waals surface area contributed by atoms with E-state index < -0.39 is 0 Å². The van der Waals surface area contributed by atoms with E-state index in [1.54, 1.807) is 0 Å². The second-order valence-electron chi connectivity index (χ2n) is 2.51. The quantitative estimate of drug-likeness (QED) is 0.407. The van der Waals surface area contributed by atoms with E-state index in [1.165, 1.54) is 12.8 Å². The largest absolute Gasteiger partial charge is 0.373 e. The van der Waals surface area contributed by atoms with Gasteiger partial charge in [0.15, 0.2) is 0 Å². The molecule has 0 aromatic heterocycles. The lowest BCUT2D eigenvalue weighted by Crippen LogP contribution is -1.86. The fraction of sp³-hybridized carbons (Fsp3) is 1.00. The molecule has 1 fully saturated rings. The van der Waals surface area contributed by atoms with Gasteiger partial charge in [0.2, 0.25) is 0 Å². The van der Waals surface area contributed by atoms with Gasteiger partial charge in [0.1, 0.15) is 0 Å². The molecule has 0 spiro atoms. The fourth-order valence-corrected chi connectivity index (χ4v) is 0.886. The molecular weight excluding hydrogens is 116 g/mol. The molecule has 9 heavy (non-hydrogen) atoms. The Morgan fingerprint density at radius 3 is 2.67 bits per heavy atom. The number of hydrogen-bond donors (Lipinski definition) is 0. The maximum absolute atomic E-state index is 9.96. The van der Waals surface area contributed by atoms with Crippen molar-refractivity contribution in [2.24, 2.45) is 0 Å². The Hall–Kier alpha value is -0.0800. The molecule has 0 N–H and O–H groups in total. The van der Waals surface area contributed by atoms with Crippen molar-refractivity contribution in [1.29, 1.82) is 0 Å². The van der Waals surface area contributed by atoms with Crippen LogP contribution in [0.2, 0.25) is 0 Å². The van der Waals surface area contributed by atoms with Gasteiger partial charge in [-0.2, -0.15) is 0 Å². The minimum absolute atomic E-state index is 0.0888. The molecule has 0 aromatic carbocycles. The Kier molecular flexibility index (Phi) is 3.01. The lowest BCUT2D eigenvalue weighted by atomic mass is 10.2. The molecule has 0 aromatic rings. The normalized spacial score (nSPS) is 24.3. The first-order chi connectivity index (χ1) is 4.43. The summed E-state index contributed by atoms with van der Waals surface area (Å²) < 4.78 is 5.01. The molecule has 1 radical (unpaired) electrons. The summed E-state index contributed by atoms with van der Waals surface area (Å²) in [6, 6.07) is 0. The van der Waals surface area contributed by atoms with Gasteiger partial charge in [-0.1, -0.05) is 12.8 Å². The predicted octanol–water partition coefficient (Wildman–Crippen LogP) is 1.38. The third-order valence-electron chi connectivity index (χ3n) is 1.57. The van der Waals surface area contributed by atoms with Gasteiger partial charge in [-0.05, 0) is 12.8 Å². The molecule has 0 bridgehead atoms. The zero-order chi connectivity index (χ0) is 6.53. The molecule has 1 atom stereocenters. The highest BCUT2D eigenvalue weighted by molar-refractivity contribution is 4.67. The molecule has 1 unspecified atom stereocenters. The van der Waals surface area contributed by atoms with Gasteiger partial charge in [0.05, 0.1) is 19.3 Å². The topological polar surface area (TPSA) is 32.4 Å². The summed E-state index contributed by atoms with van der Waals surface area (Å²) in [7, 11) is 0. The molecular formula is C7H13O2. The first-order valence-electron chi connectivity index (χ1n) is 3.63. The van der Waals surface area contributed by atoms with Crippen molar-refractivity contribution < 1.29 is 9.84 Å². The summed E-state index contributed by atoms with van der Waals surface area (Å²) in [5, 5.41) is 9.96. The van der Waals surface area contributed by atoms with Gasteiger partial charge in [-0.3, -0.25) is 0 Å². The van der Waals surface area contributed by atoms with Crippen molar-refractivity contribution in [2.45, 2.75) is 31.8 Å². The van der Waals surface area contributed by atoms with Crippen LogP contribution in [0.3, 0.4) is 0 Å². The molecule has 0 saturated carbocycles. The molecule has 0 aliphatic carbocycles. The van der Waals surface area contributed by atoms with E-state index in [9.17, 15) is 5.11 Å². The SMILES string of the molecule is [O]CCCCCC1CO1. The zero-order valence-electron chi connectivity index (χ0n) is 5.64. The standard InChI is InChI=1S/C7H13O2/c8-5-3-1-2-4-7-6-9-7/h7H,1-6H2. The fourth-order valence-electron chi connectivity index (χ4n) is 0.886. The molecule has 1 aliphatic heterocycles. The van der Waals surface area contributed by atoms with Gasteiger partial charge in [0.25, 0.3) is 0 Å². The van der Waals surface area contributed by atoms with Crippen LogP contribution in [-0.2, 0) is 9.84 Å². The third-order valence-corrected chi connectivity index (χ3v) is 1.57. The molecule has 1 saturated heterocycles. The highest BCUT2D eigenvalue weighted by atomic mass is 16.6. The Morgan fingerprint density at radius 1 is 1.33 bits per heavy atom. The Bertz CT molecular complexity index is 69.3. The second kappa shape index (κ2) is 3.85. The van der Waals surface area contributed by atoms with Crippen molar-refractivity contribution in [3.8, 4) is 0 Å². The van der Waals surface area contributed by atoms with E-state index >= 15 is 0 Å². The highest BCUT2D eigenvalue weighted by Gasteiger charge is 2.20. The van der Waals surface area contributed by atoms with Crippen LogP contribution in [0.5, 0.6) is 0 Å². The summed E-state index contributed by atoms with van der Waals surface area (Å²) >= 11 is 0. The van der Waals surface area contributed by atoms with Gasteiger partial charge >= 0.3 is 0 Å². The maximum Gasteiger partial charge on any atom is 0.0822 e. The van der Waals surface area contributed by atoms with Crippen LogP contribution in [0, 0.1) is 0 Å². The van der Waals surface area contributed by atoms with Crippen molar-refractivity contribution >= 4 is 0 Å². The number of epoxide rings is 1. The molecule has 1 heterocycles. The number of unbranched alkanes of at least 4 members (excludes halogenated alkanes) is 2. The van der Waals surface area contributed by atoms with E-state index in [1.807, 2.05) is 0 Å². The summed E-state index contributed by atoms with van der Waals surface area (Å²) in [5.74, 6) is 0. The van der Waals surface area contributed by atoms with Crippen molar-refractivity contribution in [1.82, 2.24) is 0 Å². The summed E-state index contributed by atoms with van der Waals surface area (Å²) in [6.07, 6.45) is 4.82. The first kappa shape index (κ1) is 7.03. The summed E-state index contributed by atoms with van der Waals surface area (Å²) in [4.78, 5) is 0. The molecule has 2 nitrogen and oxygen atoms in total. The van der Waals surface area contributed by atoms with Crippen LogP contribution in [0.15, 0.2) is 0 Å². The van der Waals surface area contributed by atoms with Crippen LogP contribution in [-0.4, -0.2) is 19.3 Å². The number of hydrogen-bond acceptors (Lipinski definition) is 1. The summed E-state index contributed by atoms with van der Waals surface area (Å²) in [6.45, 7) is 1.04. The minimum atomic E-state index is 0.0888. The smallest absolute Gasteiger partial charge is 0.0822 e. The maximum atomic E-state index is 9.96. The van der Waals surface area contributed by atoms with E-state index in [-0.39, 0.29) is 6.61 Å². The van der Waals surface area contributed by atoms with Gasteiger partial charge in [-0.15, -0.1) is 0 Å². The molecule has 1 aliphatic rings. The third kappa shape index (κ3) is 3.49. The van der Waals surface area contributed by atoms with Gasteiger partial charge in [-0.25, -0.2) is 5.11 Å². The lowest BCUT2D eigenvalue weighted by molar-refractivity contribution is 0.185. The van der Waals surface area contributed by atoms with E-state index in [4.69, 9.17) is 4.74 Å². The molecule has 2 heteroatoms. The van der Waals surface area contributed by atoms with Gasteiger partial charge < -0.3 is 4.74 Å². The summed E-state index contributed by atoms with van der Waals surface area (Å²) in [5.41, 5.74) is 0. The van der Waals surface area contributed by atoms with Crippen LogP contribution in [0.1, 0.15) is 25.7 Å². The van der Waals surface area contributed by atoms with Crippen LogP contribution in [0.25, 0.3) is 0 Å². The van der Waals surface area contributed by atoms with E-state index in [0.29, 0.717) is 6.10 Å². The number of ether oxygens (including phenoxy) is 1. The minimum Gasteiger partial charge on any atom is -0.373 e. The van der Waals surface area contributed by atoms with Crippen LogP contribution in [0.4, 0.5) is 0 Å². The Balaban J connectivity index is 1.71. The number of rotatable bonds is 5. The van der Waals surface area contributed by atoms with Crippen molar-refractivity contribution in [2.75, 3.05) is 13.2 Å². The Morgan fingerprint density at radius 2 is 2.11 bits per heavy atom. The molecule has 1 rings (SSSR count). The van der Waals surface area contributed by atoms with Crippen molar-refractivity contribution in [3.05, 3.63) is 0 Å². The monoisotopic (exact) mass is 129 g/mol. The van der Waals surface area contributed by atoms with E-state index in [2.05, 4.69) is 0 Å². The van der Waals surface area contributed by atoms with Crippen molar-refractivity contribution in [3.63, 3.8) is 0 Å². The zero-order valence-corrected chi connectivity index (χ0v) is 5.64. The molecule has 0 amide bonds. The first-order valence-corrected chi connectivity index (χ1v) is 3.63. The Labute approximate surface area is 55.8 Å².